The van der Waals surface area contributed by atoms with Crippen LogP contribution in [-0.4, -0.2) is 61.6 Å². The molecule has 2 aromatic carbocycles. The lowest BCUT2D eigenvalue weighted by Crippen LogP contribution is -2.39. The number of amides is 1. The highest BCUT2D eigenvalue weighted by molar-refractivity contribution is 5.97. The summed E-state index contributed by atoms with van der Waals surface area (Å²) in [5.74, 6) is 2.04. The first-order valence-electron chi connectivity index (χ1n) is 12.1. The largest absolute Gasteiger partial charge is 0.497 e. The number of likely N-dealkylation sites (tertiary alicyclic amines) is 2. The van der Waals surface area contributed by atoms with Crippen molar-refractivity contribution >= 4 is 5.91 Å². The van der Waals surface area contributed by atoms with Crippen LogP contribution in [0.5, 0.6) is 11.5 Å². The summed E-state index contributed by atoms with van der Waals surface area (Å²) in [5.41, 5.74) is 2.07. The van der Waals surface area contributed by atoms with Gasteiger partial charge in [-0.2, -0.15) is 0 Å². The molecule has 0 bridgehead atoms. The Labute approximate surface area is 192 Å². The van der Waals surface area contributed by atoms with E-state index in [-0.39, 0.29) is 12.0 Å². The number of nitrogens with zero attached hydrogens (tertiary/aromatic N) is 2. The van der Waals surface area contributed by atoms with Crippen LogP contribution in [0.1, 0.15) is 60.9 Å². The predicted molar refractivity (Wildman–Crippen MR) is 128 cm³/mol. The normalized spacial score (nSPS) is 18.5. The third-order valence-corrected chi connectivity index (χ3v) is 6.89. The van der Waals surface area contributed by atoms with Crippen molar-refractivity contribution in [3.63, 3.8) is 0 Å². The quantitative estimate of drug-likeness (QED) is 0.586. The Hall–Kier alpha value is -2.53. The molecule has 172 valence electrons. The van der Waals surface area contributed by atoms with Crippen molar-refractivity contribution in [1.29, 1.82) is 0 Å². The Balaban J connectivity index is 1.32. The molecule has 0 spiro atoms. The van der Waals surface area contributed by atoms with Gasteiger partial charge in [-0.25, -0.2) is 0 Å². The first-order chi connectivity index (χ1) is 15.6. The maximum absolute atomic E-state index is 13.0. The van der Waals surface area contributed by atoms with Crippen molar-refractivity contribution in [3.05, 3.63) is 59.7 Å². The van der Waals surface area contributed by atoms with E-state index >= 15 is 0 Å². The molecule has 2 fully saturated rings. The summed E-state index contributed by atoms with van der Waals surface area (Å²) in [6.45, 7) is 7.17. The second kappa shape index (κ2) is 10.9. The van der Waals surface area contributed by atoms with E-state index in [0.717, 1.165) is 64.2 Å². The minimum Gasteiger partial charge on any atom is -0.497 e. The molecule has 0 N–H and O–H groups in total. The fourth-order valence-electron chi connectivity index (χ4n) is 4.75. The Morgan fingerprint density at radius 3 is 2.44 bits per heavy atom. The van der Waals surface area contributed by atoms with Crippen LogP contribution in [0.3, 0.4) is 0 Å². The Kier molecular flexibility index (Phi) is 7.69. The number of methoxy groups -OCH3 is 1. The molecular formula is C27H36N2O3. The monoisotopic (exact) mass is 436 g/mol. The van der Waals surface area contributed by atoms with Gasteiger partial charge in [0.05, 0.1) is 12.7 Å². The molecule has 2 aliphatic rings. The van der Waals surface area contributed by atoms with E-state index in [1.165, 1.54) is 12.0 Å². The number of benzene rings is 2. The number of carbonyl (C=O) groups excluding carboxylic acids is 1. The average Bonchev–Trinajstić information content (AvgIpc) is 3.38. The van der Waals surface area contributed by atoms with Crippen LogP contribution in [0.2, 0.25) is 0 Å². The molecule has 1 unspecified atom stereocenters. The number of hydrogen-bond acceptors (Lipinski definition) is 4. The van der Waals surface area contributed by atoms with Crippen molar-refractivity contribution in [2.45, 2.75) is 51.0 Å². The van der Waals surface area contributed by atoms with E-state index in [1.807, 2.05) is 23.1 Å². The maximum atomic E-state index is 13.0. The highest BCUT2D eigenvalue weighted by atomic mass is 16.5. The van der Waals surface area contributed by atoms with Crippen LogP contribution >= 0.6 is 0 Å². The van der Waals surface area contributed by atoms with E-state index in [0.29, 0.717) is 17.2 Å². The Morgan fingerprint density at radius 1 is 1.03 bits per heavy atom. The van der Waals surface area contributed by atoms with Gasteiger partial charge in [-0.15, -0.1) is 0 Å². The number of rotatable bonds is 8. The molecular weight excluding hydrogens is 400 g/mol. The molecule has 0 radical (unpaired) electrons. The molecule has 0 saturated carbocycles. The molecule has 5 heteroatoms. The highest BCUT2D eigenvalue weighted by Crippen LogP contribution is 2.30. The number of ether oxygens (including phenoxy) is 2. The number of carbonyl (C=O) groups is 1. The summed E-state index contributed by atoms with van der Waals surface area (Å²) >= 11 is 0. The number of piperidine rings is 1. The molecule has 1 atom stereocenters. The lowest BCUT2D eigenvalue weighted by molar-refractivity contribution is 0.0767. The molecule has 32 heavy (non-hydrogen) atoms. The van der Waals surface area contributed by atoms with Gasteiger partial charge >= 0.3 is 0 Å². The smallest absolute Gasteiger partial charge is 0.257 e. The van der Waals surface area contributed by atoms with Gasteiger partial charge in [0.25, 0.3) is 5.91 Å². The third-order valence-electron chi connectivity index (χ3n) is 6.89. The number of hydrogen-bond donors (Lipinski definition) is 0. The Morgan fingerprint density at radius 2 is 1.75 bits per heavy atom. The van der Waals surface area contributed by atoms with Crippen molar-refractivity contribution in [3.8, 4) is 11.5 Å². The molecule has 4 rings (SSSR count). The van der Waals surface area contributed by atoms with Crippen LogP contribution < -0.4 is 9.47 Å². The van der Waals surface area contributed by atoms with Gasteiger partial charge < -0.3 is 19.3 Å². The molecule has 2 heterocycles. The summed E-state index contributed by atoms with van der Waals surface area (Å²) < 4.78 is 11.8. The van der Waals surface area contributed by atoms with Gasteiger partial charge in [0.1, 0.15) is 17.6 Å². The zero-order valence-electron chi connectivity index (χ0n) is 19.5. The van der Waals surface area contributed by atoms with E-state index < -0.39 is 0 Å². The van der Waals surface area contributed by atoms with Crippen molar-refractivity contribution in [2.24, 2.45) is 0 Å². The van der Waals surface area contributed by atoms with Gasteiger partial charge in [0.15, 0.2) is 0 Å². The van der Waals surface area contributed by atoms with Crippen LogP contribution in [0.25, 0.3) is 0 Å². The molecule has 0 aromatic heterocycles. The summed E-state index contributed by atoms with van der Waals surface area (Å²) in [6, 6.07) is 16.3. The zero-order valence-corrected chi connectivity index (χ0v) is 19.5. The minimum atomic E-state index is 0.0764. The highest BCUT2D eigenvalue weighted by Gasteiger charge is 2.26. The van der Waals surface area contributed by atoms with Crippen LogP contribution in [0, 0.1) is 0 Å². The second-order valence-corrected chi connectivity index (χ2v) is 9.12. The molecule has 0 aliphatic carbocycles. The van der Waals surface area contributed by atoms with Gasteiger partial charge in [-0.1, -0.05) is 37.3 Å². The van der Waals surface area contributed by atoms with Crippen LogP contribution in [0.4, 0.5) is 0 Å². The van der Waals surface area contributed by atoms with Crippen LogP contribution in [-0.2, 0) is 0 Å². The first kappa shape index (κ1) is 22.7. The standard InChI is InChI=1S/C27H36N2O3/c1-21(22-8-4-3-5-9-22)12-17-28-18-13-23(14-19-28)32-26-20-24(31-2)10-11-25(26)27(30)29-15-6-7-16-29/h3-5,8-11,20-21,23H,6-7,12-19H2,1-2H3. The van der Waals surface area contributed by atoms with Gasteiger partial charge in [0.2, 0.25) is 0 Å². The van der Waals surface area contributed by atoms with Gasteiger partial charge in [0, 0.05) is 32.2 Å². The van der Waals surface area contributed by atoms with Gasteiger partial charge in [-0.05, 0) is 62.3 Å². The van der Waals surface area contributed by atoms with E-state index in [1.54, 1.807) is 7.11 Å². The maximum Gasteiger partial charge on any atom is 0.257 e. The van der Waals surface area contributed by atoms with E-state index in [4.69, 9.17) is 9.47 Å². The first-order valence-corrected chi connectivity index (χ1v) is 12.1. The van der Waals surface area contributed by atoms with Crippen molar-refractivity contribution in [1.82, 2.24) is 9.80 Å². The lowest BCUT2D eigenvalue weighted by atomic mass is 9.97. The SMILES string of the molecule is COc1ccc(C(=O)N2CCCC2)c(OC2CCN(CCC(C)c3ccccc3)CC2)c1. The zero-order chi connectivity index (χ0) is 22.3. The summed E-state index contributed by atoms with van der Waals surface area (Å²) in [6.07, 6.45) is 5.43. The lowest BCUT2D eigenvalue weighted by Gasteiger charge is -2.33. The minimum absolute atomic E-state index is 0.0764. The molecule has 1 amide bonds. The average molecular weight is 437 g/mol. The molecule has 5 nitrogen and oxygen atoms in total. The van der Waals surface area contributed by atoms with Gasteiger partial charge in [-0.3, -0.25) is 4.79 Å². The van der Waals surface area contributed by atoms with Crippen molar-refractivity contribution < 1.29 is 14.3 Å². The molecule has 2 aliphatic heterocycles. The second-order valence-electron chi connectivity index (χ2n) is 9.12. The van der Waals surface area contributed by atoms with E-state index in [2.05, 4.69) is 42.2 Å². The summed E-state index contributed by atoms with van der Waals surface area (Å²) in [4.78, 5) is 17.5. The van der Waals surface area contributed by atoms with Crippen molar-refractivity contribution in [2.75, 3.05) is 39.8 Å². The summed E-state index contributed by atoms with van der Waals surface area (Å²) in [7, 11) is 1.65. The van der Waals surface area contributed by atoms with E-state index in [9.17, 15) is 4.79 Å². The summed E-state index contributed by atoms with van der Waals surface area (Å²) in [5, 5.41) is 0. The van der Waals surface area contributed by atoms with Crippen LogP contribution in [0.15, 0.2) is 48.5 Å². The fraction of sp³-hybridized carbons (Fsp3) is 0.519. The molecule has 2 aromatic rings. The predicted octanol–water partition coefficient (Wildman–Crippen LogP) is 4.97. The molecule has 2 saturated heterocycles. The third kappa shape index (κ3) is 5.63. The Bertz CT molecular complexity index is 872. The fourth-order valence-corrected chi connectivity index (χ4v) is 4.75. The topological polar surface area (TPSA) is 42.0 Å².